The fourth-order valence-electron chi connectivity index (χ4n) is 2.68. The van der Waals surface area contributed by atoms with Crippen molar-refractivity contribution in [2.75, 3.05) is 6.54 Å². The summed E-state index contributed by atoms with van der Waals surface area (Å²) in [7, 11) is 0. The maximum absolute atomic E-state index is 11.4. The molecule has 0 aliphatic carbocycles. The molecule has 1 aliphatic rings. The van der Waals surface area contributed by atoms with Gasteiger partial charge in [0.2, 0.25) is 0 Å². The summed E-state index contributed by atoms with van der Waals surface area (Å²) in [6.07, 6.45) is 2.03. The van der Waals surface area contributed by atoms with Gasteiger partial charge in [-0.1, -0.05) is 13.8 Å². The number of thiazole rings is 1. The Kier molecular flexibility index (Phi) is 3.49. The van der Waals surface area contributed by atoms with Crippen LogP contribution >= 0.6 is 11.3 Å². The van der Waals surface area contributed by atoms with Gasteiger partial charge in [0.05, 0.1) is 11.2 Å². The van der Waals surface area contributed by atoms with Crippen molar-refractivity contribution in [3.05, 3.63) is 16.6 Å². The topological polar surface area (TPSA) is 53.4 Å². The number of aliphatic carboxylic acids is 1. The summed E-state index contributed by atoms with van der Waals surface area (Å²) in [6, 6.07) is -0.405. The van der Waals surface area contributed by atoms with Crippen LogP contribution in [0.2, 0.25) is 0 Å². The second-order valence-corrected chi connectivity index (χ2v) is 6.00. The Balaban J connectivity index is 2.16. The van der Waals surface area contributed by atoms with E-state index in [1.54, 1.807) is 16.8 Å². The summed E-state index contributed by atoms with van der Waals surface area (Å²) in [5, 5.41) is 11.4. The fraction of sp³-hybridized carbons (Fsp3) is 0.667. The molecule has 0 bridgehead atoms. The van der Waals surface area contributed by atoms with E-state index in [-0.39, 0.29) is 5.41 Å². The van der Waals surface area contributed by atoms with Gasteiger partial charge in [-0.3, -0.25) is 9.69 Å². The van der Waals surface area contributed by atoms with Gasteiger partial charge in [-0.15, -0.1) is 11.3 Å². The summed E-state index contributed by atoms with van der Waals surface area (Å²) in [5.74, 6) is -0.718. The Bertz CT molecular complexity index is 389. The van der Waals surface area contributed by atoms with E-state index >= 15 is 0 Å². The number of carboxylic acids is 1. The molecule has 2 heterocycles. The molecule has 2 rings (SSSR count). The lowest BCUT2D eigenvalue weighted by molar-refractivity contribution is -0.151. The Morgan fingerprint density at radius 3 is 3.06 bits per heavy atom. The molecule has 4 nitrogen and oxygen atoms in total. The molecule has 0 amide bonds. The third-order valence-corrected chi connectivity index (χ3v) is 4.09. The van der Waals surface area contributed by atoms with Crippen LogP contribution in [0.3, 0.4) is 0 Å². The molecule has 17 heavy (non-hydrogen) atoms. The third-order valence-electron chi connectivity index (χ3n) is 3.45. The van der Waals surface area contributed by atoms with Crippen LogP contribution in [0.25, 0.3) is 0 Å². The second kappa shape index (κ2) is 4.74. The number of rotatable bonds is 3. The van der Waals surface area contributed by atoms with E-state index in [0.717, 1.165) is 25.1 Å². The number of carboxylic acid groups (broad SMARTS) is 1. The molecule has 1 atom stereocenters. The average Bonchev–Trinajstić information content (AvgIpc) is 2.68. The molecule has 1 aromatic heterocycles. The van der Waals surface area contributed by atoms with Crippen LogP contribution in [0.15, 0.2) is 10.9 Å². The first-order valence-electron chi connectivity index (χ1n) is 5.84. The van der Waals surface area contributed by atoms with E-state index in [1.165, 1.54) is 0 Å². The van der Waals surface area contributed by atoms with Crippen molar-refractivity contribution in [2.45, 2.75) is 39.3 Å². The van der Waals surface area contributed by atoms with Gasteiger partial charge >= 0.3 is 5.97 Å². The van der Waals surface area contributed by atoms with Crippen molar-refractivity contribution in [3.63, 3.8) is 0 Å². The predicted molar refractivity (Wildman–Crippen MR) is 67.0 cm³/mol. The Hall–Kier alpha value is -0.940. The van der Waals surface area contributed by atoms with Gasteiger partial charge in [0.25, 0.3) is 0 Å². The number of aromatic nitrogens is 1. The second-order valence-electron chi connectivity index (χ2n) is 5.28. The zero-order valence-electron chi connectivity index (χ0n) is 10.2. The monoisotopic (exact) mass is 254 g/mol. The van der Waals surface area contributed by atoms with Gasteiger partial charge in [-0.25, -0.2) is 4.98 Å². The molecule has 1 aliphatic heterocycles. The van der Waals surface area contributed by atoms with Gasteiger partial charge in [0.15, 0.2) is 0 Å². The molecular weight excluding hydrogens is 236 g/mol. The molecule has 1 aromatic rings. The molecule has 0 aromatic carbocycles. The van der Waals surface area contributed by atoms with Crippen LogP contribution in [0.4, 0.5) is 0 Å². The van der Waals surface area contributed by atoms with Gasteiger partial charge in [-0.05, 0) is 24.8 Å². The Labute approximate surface area is 105 Å². The zero-order chi connectivity index (χ0) is 12.5. The van der Waals surface area contributed by atoms with Crippen LogP contribution in [-0.4, -0.2) is 33.5 Å². The smallest absolute Gasteiger partial charge is 0.321 e. The maximum Gasteiger partial charge on any atom is 0.321 e. The van der Waals surface area contributed by atoms with Crippen molar-refractivity contribution < 1.29 is 9.90 Å². The molecule has 94 valence electrons. The highest BCUT2D eigenvalue weighted by molar-refractivity contribution is 7.07. The first-order chi connectivity index (χ1) is 8.00. The zero-order valence-corrected chi connectivity index (χ0v) is 11.0. The molecular formula is C12H18N2O2S. The highest BCUT2D eigenvalue weighted by atomic mass is 32.1. The van der Waals surface area contributed by atoms with Crippen LogP contribution in [0.5, 0.6) is 0 Å². The van der Waals surface area contributed by atoms with Crippen LogP contribution in [-0.2, 0) is 11.3 Å². The number of hydrogen-bond donors (Lipinski definition) is 1. The molecule has 1 unspecified atom stereocenters. The SMILES string of the molecule is CC1(C)CCCN(Cc2cscn2)C1C(=O)O. The largest absolute Gasteiger partial charge is 0.480 e. The van der Waals surface area contributed by atoms with Crippen molar-refractivity contribution in [1.82, 2.24) is 9.88 Å². The van der Waals surface area contributed by atoms with Crippen molar-refractivity contribution in [1.29, 1.82) is 0 Å². The van der Waals surface area contributed by atoms with E-state index in [9.17, 15) is 9.90 Å². The number of nitrogens with zero attached hydrogens (tertiary/aromatic N) is 2. The normalized spacial score (nSPS) is 24.7. The summed E-state index contributed by atoms with van der Waals surface area (Å²) < 4.78 is 0. The number of likely N-dealkylation sites (tertiary alicyclic amines) is 1. The minimum atomic E-state index is -0.718. The molecule has 0 saturated carbocycles. The summed E-state index contributed by atoms with van der Waals surface area (Å²) >= 11 is 1.55. The molecule has 5 heteroatoms. The summed E-state index contributed by atoms with van der Waals surface area (Å²) in [4.78, 5) is 17.7. The van der Waals surface area contributed by atoms with Crippen LogP contribution < -0.4 is 0 Å². The predicted octanol–water partition coefficient (Wildman–Crippen LogP) is 2.22. The average molecular weight is 254 g/mol. The minimum Gasteiger partial charge on any atom is -0.480 e. The number of hydrogen-bond acceptors (Lipinski definition) is 4. The van der Waals surface area contributed by atoms with Gasteiger partial charge in [-0.2, -0.15) is 0 Å². The van der Waals surface area contributed by atoms with Crippen LogP contribution in [0, 0.1) is 5.41 Å². The third kappa shape index (κ3) is 2.66. The highest BCUT2D eigenvalue weighted by Gasteiger charge is 2.42. The van der Waals surface area contributed by atoms with E-state index in [1.807, 2.05) is 24.1 Å². The molecule has 1 saturated heterocycles. The van der Waals surface area contributed by atoms with Gasteiger partial charge in [0.1, 0.15) is 6.04 Å². The minimum absolute atomic E-state index is 0.167. The molecule has 0 radical (unpaired) electrons. The van der Waals surface area contributed by atoms with E-state index in [0.29, 0.717) is 6.54 Å². The van der Waals surface area contributed by atoms with Gasteiger partial charge in [0, 0.05) is 11.9 Å². The fourth-order valence-corrected chi connectivity index (χ4v) is 3.23. The first kappa shape index (κ1) is 12.5. The molecule has 1 fully saturated rings. The van der Waals surface area contributed by atoms with E-state index in [4.69, 9.17) is 0 Å². The van der Waals surface area contributed by atoms with Crippen LogP contribution in [0.1, 0.15) is 32.4 Å². The van der Waals surface area contributed by atoms with Gasteiger partial charge < -0.3 is 5.11 Å². The van der Waals surface area contributed by atoms with Crippen molar-refractivity contribution in [2.24, 2.45) is 5.41 Å². The molecule has 0 spiro atoms. The Morgan fingerprint density at radius 1 is 1.71 bits per heavy atom. The highest BCUT2D eigenvalue weighted by Crippen LogP contribution is 2.35. The summed E-state index contributed by atoms with van der Waals surface area (Å²) in [5.41, 5.74) is 2.60. The quantitative estimate of drug-likeness (QED) is 0.898. The lowest BCUT2D eigenvalue weighted by Gasteiger charge is -2.43. The standard InChI is InChI=1S/C12H18N2O2S/c1-12(2)4-3-5-14(10(12)11(15)16)6-9-7-17-8-13-9/h7-8,10H,3-6H2,1-2H3,(H,15,16). The van der Waals surface area contributed by atoms with Crippen molar-refractivity contribution >= 4 is 17.3 Å². The van der Waals surface area contributed by atoms with E-state index in [2.05, 4.69) is 4.98 Å². The lowest BCUT2D eigenvalue weighted by Crippen LogP contribution is -2.53. The maximum atomic E-state index is 11.4. The van der Waals surface area contributed by atoms with Crippen molar-refractivity contribution in [3.8, 4) is 0 Å². The number of carbonyl (C=O) groups is 1. The summed E-state index contributed by atoms with van der Waals surface area (Å²) in [6.45, 7) is 5.57. The molecule has 1 N–H and O–H groups in total. The lowest BCUT2D eigenvalue weighted by atomic mass is 9.76. The Morgan fingerprint density at radius 2 is 2.47 bits per heavy atom. The number of piperidine rings is 1. The first-order valence-corrected chi connectivity index (χ1v) is 6.79. The van der Waals surface area contributed by atoms with E-state index < -0.39 is 12.0 Å².